The summed E-state index contributed by atoms with van der Waals surface area (Å²) in [6.45, 7) is 0.0104. The van der Waals surface area contributed by atoms with Crippen molar-refractivity contribution in [2.75, 3.05) is 6.54 Å². The third kappa shape index (κ3) is 4.11. The molecule has 0 aromatic carbocycles. The number of carbonyl (C=O) groups excluding carboxylic acids is 1. The summed E-state index contributed by atoms with van der Waals surface area (Å²) in [4.78, 5) is 10.6. The molecule has 0 unspecified atom stereocenters. The molecule has 0 heterocycles. The summed E-state index contributed by atoms with van der Waals surface area (Å²) in [6, 6.07) is 0. The average Bonchev–Trinajstić information content (AvgIpc) is 2.40. The Labute approximate surface area is 89.0 Å². The second kappa shape index (κ2) is 6.00. The average molecular weight is 166 g/mol. The fourth-order valence-electron chi connectivity index (χ4n) is 1.24. The monoisotopic (exact) mass is 166 g/mol. The van der Waals surface area contributed by atoms with Gasteiger partial charge in [0.15, 0.2) is 0 Å². The second-order valence-corrected chi connectivity index (χ2v) is 2.60. The van der Waals surface area contributed by atoms with Crippen molar-refractivity contribution in [2.45, 2.75) is 31.8 Å². The summed E-state index contributed by atoms with van der Waals surface area (Å²) < 4.78 is 5.00. The Hall–Kier alpha value is 0.430. The number of hydrogen-bond acceptors (Lipinski definition) is 3. The van der Waals surface area contributed by atoms with Crippen molar-refractivity contribution in [3.05, 3.63) is 0 Å². The van der Waals surface area contributed by atoms with E-state index in [1.165, 1.54) is 12.8 Å². The zero-order valence-corrected chi connectivity index (χ0v) is 9.01. The van der Waals surface area contributed by atoms with Crippen molar-refractivity contribution in [2.24, 2.45) is 5.73 Å². The van der Waals surface area contributed by atoms with Crippen LogP contribution in [0.5, 0.6) is 0 Å². The van der Waals surface area contributed by atoms with E-state index >= 15 is 0 Å². The molecule has 2 N–H and O–H groups in total. The van der Waals surface area contributed by atoms with E-state index in [4.69, 9.17) is 10.5 Å². The predicted octanol–water partition coefficient (Wildman–Crippen LogP) is 0.0501. The Bertz CT molecular complexity index is 124. The molecule has 1 aliphatic rings. The van der Waals surface area contributed by atoms with E-state index in [0.717, 1.165) is 12.8 Å². The summed E-state index contributed by atoms with van der Waals surface area (Å²) in [5.41, 5.74) is 5.08. The molecule has 0 amide bonds. The van der Waals surface area contributed by atoms with Crippen LogP contribution in [0.3, 0.4) is 0 Å². The van der Waals surface area contributed by atoms with Gasteiger partial charge in [-0.2, -0.15) is 0 Å². The fourth-order valence-corrected chi connectivity index (χ4v) is 1.24. The standard InChI is InChI=1S/C7H13NO2.Na/c8-5-7(9)10-6-3-1-2-4-6;/h6H,1-5,8H2;. The molecule has 0 spiro atoms. The minimum atomic E-state index is -0.271. The summed E-state index contributed by atoms with van der Waals surface area (Å²) in [6.07, 6.45) is 4.57. The number of rotatable bonds is 2. The van der Waals surface area contributed by atoms with Gasteiger partial charge in [-0.15, -0.1) is 0 Å². The quantitative estimate of drug-likeness (QED) is 0.466. The third-order valence-electron chi connectivity index (χ3n) is 1.77. The first-order valence-corrected chi connectivity index (χ1v) is 3.72. The molecule has 3 nitrogen and oxygen atoms in total. The number of carbonyl (C=O) groups is 1. The molecule has 1 radical (unpaired) electrons. The van der Waals surface area contributed by atoms with Crippen LogP contribution >= 0.6 is 0 Å². The van der Waals surface area contributed by atoms with Crippen LogP contribution < -0.4 is 5.73 Å². The Morgan fingerprint density at radius 1 is 1.45 bits per heavy atom. The van der Waals surface area contributed by atoms with Gasteiger partial charge in [-0.05, 0) is 25.7 Å². The van der Waals surface area contributed by atoms with Gasteiger partial charge in [0.2, 0.25) is 0 Å². The zero-order chi connectivity index (χ0) is 7.40. The Balaban J connectivity index is 0.000001000. The van der Waals surface area contributed by atoms with Crippen LogP contribution in [0, 0.1) is 0 Å². The Morgan fingerprint density at radius 3 is 2.45 bits per heavy atom. The van der Waals surface area contributed by atoms with Crippen LogP contribution in [0.2, 0.25) is 0 Å². The molecule has 59 valence electrons. The van der Waals surface area contributed by atoms with Gasteiger partial charge in [-0.1, -0.05) is 0 Å². The van der Waals surface area contributed by atoms with E-state index in [2.05, 4.69) is 0 Å². The maximum absolute atomic E-state index is 10.6. The van der Waals surface area contributed by atoms with Gasteiger partial charge in [0.05, 0.1) is 6.54 Å². The molecule has 1 rings (SSSR count). The number of esters is 1. The molecular formula is C7H13NNaO2. The van der Waals surface area contributed by atoms with Crippen LogP contribution in [-0.4, -0.2) is 48.2 Å². The van der Waals surface area contributed by atoms with Gasteiger partial charge in [-0.25, -0.2) is 0 Å². The van der Waals surface area contributed by atoms with Crippen LogP contribution in [0.4, 0.5) is 0 Å². The Morgan fingerprint density at radius 2 is 2.00 bits per heavy atom. The molecule has 1 saturated carbocycles. The SMILES string of the molecule is NCC(=O)OC1CCCC1.[Na]. The van der Waals surface area contributed by atoms with Crippen molar-refractivity contribution >= 4 is 35.5 Å². The molecule has 1 aliphatic carbocycles. The minimum Gasteiger partial charge on any atom is -0.461 e. The Kier molecular flexibility index (Phi) is 6.24. The van der Waals surface area contributed by atoms with Crippen molar-refractivity contribution in [1.82, 2.24) is 0 Å². The maximum atomic E-state index is 10.6. The normalized spacial score (nSPS) is 17.5. The van der Waals surface area contributed by atoms with Gasteiger partial charge < -0.3 is 10.5 Å². The van der Waals surface area contributed by atoms with Gasteiger partial charge in [-0.3, -0.25) is 4.79 Å². The molecular weight excluding hydrogens is 153 g/mol. The first-order valence-electron chi connectivity index (χ1n) is 3.72. The molecule has 0 aromatic rings. The molecule has 0 atom stereocenters. The molecule has 0 saturated heterocycles. The predicted molar refractivity (Wildman–Crippen MR) is 43.2 cm³/mol. The molecule has 11 heavy (non-hydrogen) atoms. The largest absolute Gasteiger partial charge is 0.461 e. The van der Waals surface area contributed by atoms with E-state index in [9.17, 15) is 4.79 Å². The molecule has 0 aromatic heterocycles. The van der Waals surface area contributed by atoms with Gasteiger partial charge in [0.25, 0.3) is 0 Å². The first-order chi connectivity index (χ1) is 4.83. The molecule has 0 aliphatic heterocycles. The van der Waals surface area contributed by atoms with Gasteiger partial charge in [0, 0.05) is 29.6 Å². The summed E-state index contributed by atoms with van der Waals surface area (Å²) >= 11 is 0. The van der Waals surface area contributed by atoms with E-state index in [1.807, 2.05) is 0 Å². The van der Waals surface area contributed by atoms with Crippen molar-refractivity contribution < 1.29 is 9.53 Å². The van der Waals surface area contributed by atoms with E-state index < -0.39 is 0 Å². The summed E-state index contributed by atoms with van der Waals surface area (Å²) in [7, 11) is 0. The third-order valence-corrected chi connectivity index (χ3v) is 1.77. The second-order valence-electron chi connectivity index (χ2n) is 2.60. The van der Waals surface area contributed by atoms with E-state index in [-0.39, 0.29) is 48.2 Å². The van der Waals surface area contributed by atoms with E-state index in [1.54, 1.807) is 0 Å². The number of nitrogens with two attached hydrogens (primary N) is 1. The summed E-state index contributed by atoms with van der Waals surface area (Å²) in [5.74, 6) is -0.271. The smallest absolute Gasteiger partial charge is 0.319 e. The summed E-state index contributed by atoms with van der Waals surface area (Å²) in [5, 5.41) is 0. The zero-order valence-electron chi connectivity index (χ0n) is 7.01. The molecule has 0 bridgehead atoms. The van der Waals surface area contributed by atoms with Crippen LogP contribution in [0.1, 0.15) is 25.7 Å². The number of hydrogen-bond donors (Lipinski definition) is 1. The van der Waals surface area contributed by atoms with Gasteiger partial charge >= 0.3 is 5.97 Å². The number of ether oxygens (including phenoxy) is 1. The molecule has 4 heteroatoms. The van der Waals surface area contributed by atoms with Crippen molar-refractivity contribution in [1.29, 1.82) is 0 Å². The topological polar surface area (TPSA) is 52.3 Å². The van der Waals surface area contributed by atoms with Crippen molar-refractivity contribution in [3.8, 4) is 0 Å². The van der Waals surface area contributed by atoms with Crippen molar-refractivity contribution in [3.63, 3.8) is 0 Å². The first kappa shape index (κ1) is 11.4. The van der Waals surface area contributed by atoms with E-state index in [0.29, 0.717) is 0 Å². The molecule has 1 fully saturated rings. The fraction of sp³-hybridized carbons (Fsp3) is 0.857. The van der Waals surface area contributed by atoms with Crippen LogP contribution in [0.15, 0.2) is 0 Å². The maximum Gasteiger partial charge on any atom is 0.319 e. The minimum absolute atomic E-state index is 0. The van der Waals surface area contributed by atoms with Crippen LogP contribution in [-0.2, 0) is 9.53 Å². The van der Waals surface area contributed by atoms with Gasteiger partial charge in [0.1, 0.15) is 6.10 Å². The van der Waals surface area contributed by atoms with Crippen LogP contribution in [0.25, 0.3) is 0 Å².